The Morgan fingerprint density at radius 2 is 1.92 bits per heavy atom. The van der Waals surface area contributed by atoms with Crippen LogP contribution in [0.1, 0.15) is 19.4 Å². The molecule has 1 N–H and O–H groups in total. The molecule has 1 aromatic rings. The van der Waals surface area contributed by atoms with E-state index in [1.54, 1.807) is 6.07 Å². The zero-order valence-corrected chi connectivity index (χ0v) is 8.10. The molecule has 0 atom stereocenters. The van der Waals surface area contributed by atoms with Crippen molar-refractivity contribution in [1.29, 1.82) is 0 Å². The van der Waals surface area contributed by atoms with E-state index in [1.165, 1.54) is 0 Å². The molecule has 0 fully saturated rings. The lowest BCUT2D eigenvalue weighted by Gasteiger charge is -2.22. The second-order valence-electron chi connectivity index (χ2n) is 3.53. The fraction of sp³-hybridized carbons (Fsp3) is 0.400. The van der Waals surface area contributed by atoms with Gasteiger partial charge in [0.05, 0.1) is 0 Å². The maximum Gasteiger partial charge on any atom is 0.119 e. The van der Waals surface area contributed by atoms with Crippen LogP contribution in [-0.2, 0) is 5.41 Å². The van der Waals surface area contributed by atoms with E-state index < -0.39 is 0 Å². The lowest BCUT2D eigenvalue weighted by Crippen LogP contribution is -2.18. The first-order valence-corrected chi connectivity index (χ1v) is 4.46. The van der Waals surface area contributed by atoms with Crippen LogP contribution in [0.3, 0.4) is 0 Å². The van der Waals surface area contributed by atoms with Crippen molar-refractivity contribution in [2.75, 3.05) is 5.88 Å². The highest BCUT2D eigenvalue weighted by Gasteiger charge is 2.21. The average molecular weight is 185 g/mol. The molecule has 0 bridgehead atoms. The Bertz CT molecular complexity index is 268. The van der Waals surface area contributed by atoms with Crippen LogP contribution in [-0.4, -0.2) is 11.0 Å². The minimum absolute atomic E-state index is 0.160. The van der Waals surface area contributed by atoms with Crippen LogP contribution in [0, 0.1) is 0 Å². The largest absolute Gasteiger partial charge is 0.508 e. The zero-order valence-electron chi connectivity index (χ0n) is 7.34. The highest BCUT2D eigenvalue weighted by Crippen LogP contribution is 2.31. The molecular weight excluding hydrogens is 172 g/mol. The molecule has 0 unspecified atom stereocenters. The fourth-order valence-corrected chi connectivity index (χ4v) is 1.26. The number of phenolic OH excluding ortho intramolecular Hbond substituents is 1. The third-order valence-corrected chi connectivity index (χ3v) is 2.64. The lowest BCUT2D eigenvalue weighted by molar-refractivity contribution is 0.448. The third kappa shape index (κ3) is 1.72. The van der Waals surface area contributed by atoms with Crippen LogP contribution < -0.4 is 0 Å². The Morgan fingerprint density at radius 1 is 1.33 bits per heavy atom. The highest BCUT2D eigenvalue weighted by molar-refractivity contribution is 6.18. The van der Waals surface area contributed by atoms with Crippen molar-refractivity contribution in [3.63, 3.8) is 0 Å². The number of hydrogen-bond acceptors (Lipinski definition) is 1. The van der Waals surface area contributed by atoms with E-state index in [0.29, 0.717) is 11.6 Å². The summed E-state index contributed by atoms with van der Waals surface area (Å²) in [6.45, 7) is 4.02. The standard InChI is InChI=1S/C10H13ClO/c1-10(2,7-11)8-5-3-4-6-9(8)12/h3-6,12H,7H2,1-2H3. The van der Waals surface area contributed by atoms with Crippen molar-refractivity contribution in [3.8, 4) is 5.75 Å². The van der Waals surface area contributed by atoms with Gasteiger partial charge in [0.25, 0.3) is 0 Å². The first-order chi connectivity index (χ1) is 5.58. The van der Waals surface area contributed by atoms with Crippen LogP contribution in [0.4, 0.5) is 0 Å². The Labute approximate surface area is 78.0 Å². The van der Waals surface area contributed by atoms with Gasteiger partial charge in [-0.2, -0.15) is 0 Å². The van der Waals surface area contributed by atoms with Gasteiger partial charge in [0.2, 0.25) is 0 Å². The lowest BCUT2D eigenvalue weighted by atomic mass is 9.86. The summed E-state index contributed by atoms with van der Waals surface area (Å²) < 4.78 is 0. The molecule has 12 heavy (non-hydrogen) atoms. The van der Waals surface area contributed by atoms with Gasteiger partial charge in [0.15, 0.2) is 0 Å². The molecule has 0 saturated heterocycles. The molecule has 0 aliphatic rings. The monoisotopic (exact) mass is 184 g/mol. The summed E-state index contributed by atoms with van der Waals surface area (Å²) in [5.41, 5.74) is 0.743. The van der Waals surface area contributed by atoms with Gasteiger partial charge in [-0.15, -0.1) is 11.6 Å². The van der Waals surface area contributed by atoms with Crippen LogP contribution in [0.2, 0.25) is 0 Å². The summed E-state index contributed by atoms with van der Waals surface area (Å²) in [6, 6.07) is 7.30. The molecule has 0 spiro atoms. The summed E-state index contributed by atoms with van der Waals surface area (Å²) in [4.78, 5) is 0. The van der Waals surface area contributed by atoms with E-state index in [9.17, 15) is 5.11 Å². The molecule has 66 valence electrons. The molecule has 0 aliphatic heterocycles. The summed E-state index contributed by atoms with van der Waals surface area (Å²) in [5.74, 6) is 0.827. The Morgan fingerprint density at radius 3 is 2.42 bits per heavy atom. The van der Waals surface area contributed by atoms with Gasteiger partial charge >= 0.3 is 0 Å². The molecule has 1 aromatic carbocycles. The number of hydrogen-bond donors (Lipinski definition) is 1. The number of aromatic hydroxyl groups is 1. The van der Waals surface area contributed by atoms with Crippen molar-refractivity contribution < 1.29 is 5.11 Å². The molecular formula is C10H13ClO. The van der Waals surface area contributed by atoms with Crippen molar-refractivity contribution >= 4 is 11.6 Å². The molecule has 2 heteroatoms. The van der Waals surface area contributed by atoms with Gasteiger partial charge in [0, 0.05) is 16.9 Å². The summed E-state index contributed by atoms with van der Waals surface area (Å²) in [7, 11) is 0. The molecule has 0 radical (unpaired) electrons. The number of alkyl halides is 1. The zero-order chi connectivity index (χ0) is 9.19. The average Bonchev–Trinajstić information content (AvgIpc) is 2.05. The molecule has 0 saturated carbocycles. The predicted octanol–water partition coefficient (Wildman–Crippen LogP) is 2.91. The number of phenols is 1. The first kappa shape index (κ1) is 9.40. The fourth-order valence-electron chi connectivity index (χ4n) is 1.12. The van der Waals surface area contributed by atoms with E-state index in [1.807, 2.05) is 32.0 Å². The normalized spacial score (nSPS) is 11.6. The molecule has 1 rings (SSSR count). The maximum atomic E-state index is 9.52. The Hall–Kier alpha value is -0.690. The van der Waals surface area contributed by atoms with Crippen molar-refractivity contribution in [2.45, 2.75) is 19.3 Å². The maximum absolute atomic E-state index is 9.52. The van der Waals surface area contributed by atoms with Crippen LogP contribution in [0.25, 0.3) is 0 Å². The van der Waals surface area contributed by atoms with Gasteiger partial charge in [-0.1, -0.05) is 32.0 Å². The molecule has 0 amide bonds. The van der Waals surface area contributed by atoms with Gasteiger partial charge < -0.3 is 5.11 Å². The van der Waals surface area contributed by atoms with Crippen molar-refractivity contribution in [2.24, 2.45) is 0 Å². The Kier molecular flexibility index (Phi) is 2.63. The van der Waals surface area contributed by atoms with Gasteiger partial charge in [-0.3, -0.25) is 0 Å². The van der Waals surface area contributed by atoms with Crippen LogP contribution in [0.15, 0.2) is 24.3 Å². The van der Waals surface area contributed by atoms with Crippen LogP contribution in [0.5, 0.6) is 5.75 Å². The summed E-state index contributed by atoms with van der Waals surface area (Å²) in [6.07, 6.45) is 0. The Balaban J connectivity index is 3.10. The molecule has 1 nitrogen and oxygen atoms in total. The number of rotatable bonds is 2. The smallest absolute Gasteiger partial charge is 0.119 e. The van der Waals surface area contributed by atoms with Gasteiger partial charge in [-0.05, 0) is 6.07 Å². The van der Waals surface area contributed by atoms with Crippen molar-refractivity contribution in [1.82, 2.24) is 0 Å². The predicted molar refractivity (Wildman–Crippen MR) is 51.9 cm³/mol. The number of halogens is 1. The number of para-hydroxylation sites is 1. The minimum Gasteiger partial charge on any atom is -0.508 e. The quantitative estimate of drug-likeness (QED) is 0.701. The second-order valence-corrected chi connectivity index (χ2v) is 3.80. The second kappa shape index (κ2) is 3.36. The van der Waals surface area contributed by atoms with E-state index in [4.69, 9.17) is 11.6 Å². The van der Waals surface area contributed by atoms with E-state index in [-0.39, 0.29) is 5.41 Å². The van der Waals surface area contributed by atoms with E-state index in [0.717, 1.165) is 5.56 Å². The van der Waals surface area contributed by atoms with E-state index in [2.05, 4.69) is 0 Å². The number of benzene rings is 1. The molecule has 0 aromatic heterocycles. The summed E-state index contributed by atoms with van der Waals surface area (Å²) in [5, 5.41) is 9.52. The van der Waals surface area contributed by atoms with Crippen molar-refractivity contribution in [3.05, 3.63) is 29.8 Å². The van der Waals surface area contributed by atoms with Gasteiger partial charge in [-0.25, -0.2) is 0 Å². The molecule has 0 heterocycles. The van der Waals surface area contributed by atoms with Gasteiger partial charge in [0.1, 0.15) is 5.75 Å². The topological polar surface area (TPSA) is 20.2 Å². The van der Waals surface area contributed by atoms with E-state index >= 15 is 0 Å². The minimum atomic E-state index is -0.160. The first-order valence-electron chi connectivity index (χ1n) is 3.92. The SMILES string of the molecule is CC(C)(CCl)c1ccccc1O. The highest BCUT2D eigenvalue weighted by atomic mass is 35.5. The third-order valence-electron chi connectivity index (χ3n) is 1.97. The molecule has 0 aliphatic carbocycles. The summed E-state index contributed by atoms with van der Waals surface area (Å²) >= 11 is 5.79. The van der Waals surface area contributed by atoms with Crippen LogP contribution >= 0.6 is 11.6 Å².